The Hall–Kier alpha value is -5.67. The van der Waals surface area contributed by atoms with Gasteiger partial charge in [-0.15, -0.1) is 0 Å². The van der Waals surface area contributed by atoms with E-state index in [2.05, 4.69) is 0 Å². The molecule has 1 nitrogen and oxygen atoms in total. The van der Waals surface area contributed by atoms with E-state index in [0.29, 0.717) is 0 Å². The molecule has 46 valence electrons. The number of rotatable bonds is 0. The smallest absolute Gasteiger partial charge is 0.341 e. The topological polar surface area (TPSA) is 20.2 Å². The average molecular weight is 1430 g/mol. The molecule has 9 heteroatoms. The summed E-state index contributed by atoms with van der Waals surface area (Å²) in [6, 6.07) is -2.41. The minimum Gasteiger partial charge on any atom is -0.483 e. The summed E-state index contributed by atoms with van der Waals surface area (Å²) in [7, 11) is 0. The van der Waals surface area contributed by atoms with Gasteiger partial charge in [-0.3, -0.25) is 0 Å². The molecule has 0 saturated heterocycles. The van der Waals surface area contributed by atoms with Gasteiger partial charge >= 0.3 is 12.1 Å². The molecule has 0 aliphatic heterocycles. The van der Waals surface area contributed by atoms with Gasteiger partial charge in [0.25, 0.3) is 0 Å². The summed E-state index contributed by atoms with van der Waals surface area (Å²) < 4.78 is 31.3. The Morgan fingerprint density at radius 3 is 0.818 bits per heavy atom. The summed E-state index contributed by atoms with van der Waals surface area (Å²) in [5.74, 6) is 0. The van der Waals surface area contributed by atoms with Gasteiger partial charge in [0, 0.05) is 0 Å². The van der Waals surface area contributed by atoms with E-state index in [1.54, 1.807) is 0 Å². The maximum absolute atomic E-state index is 10.5. The van der Waals surface area contributed by atoms with Crippen molar-refractivity contribution in [2.75, 3.05) is 0 Å². The van der Waals surface area contributed by atoms with Gasteiger partial charge in [-0.25, -0.2) is 0 Å². The van der Waals surface area contributed by atoms with Crippen molar-refractivity contribution >= 4 is 0 Å². The molecule has 0 bridgehead atoms. The molecular weight excluding hydrogens is 1430 g/mol. The summed E-state index contributed by atoms with van der Waals surface area (Å²) in [4.78, 5) is 0. The van der Waals surface area contributed by atoms with Crippen molar-refractivity contribution in [3.05, 3.63) is 12.1 Å². The molecule has 0 aromatic rings. The van der Waals surface area contributed by atoms with E-state index < -0.39 is 12.1 Å². The van der Waals surface area contributed by atoms with Crippen molar-refractivity contribution < 1.29 is 18.3 Å². The maximum atomic E-state index is 10.5. The Morgan fingerprint density at radius 2 is 0.818 bits per heavy atom. The first-order valence-electron chi connectivity index (χ1n) is 1.04. The molecule has 1 N–H and O–H groups in total. The molecule has 0 heterocycles. The predicted molar refractivity (Wildman–Crippen MR) is 13.0 cm³/mol. The van der Waals surface area contributed by atoms with Crippen molar-refractivity contribution in [3.63, 3.8) is 0 Å². The SMILES string of the molecule is OC(F)=C(F)F.[Rf].[Rf].[Rf].[Rf].[Rf]. The largest absolute Gasteiger partial charge is 0.483 e. The second kappa shape index (κ2) is 441. The monoisotopic (exact) mass is 1430 g/mol. The fourth-order valence-electron chi connectivity index (χ4n) is 0. The molecule has 0 amide bonds. The van der Waals surface area contributed by atoms with E-state index in [4.69, 9.17) is 5.11 Å². The van der Waals surface area contributed by atoms with Crippen LogP contribution in [-0.4, -0.2) is 5.11 Å². The van der Waals surface area contributed by atoms with Crippen LogP contribution in [0.5, 0.6) is 0 Å². The Labute approximate surface area is 31.7 Å². The predicted octanol–water partition coefficient (Wildman–Crippen LogP) is 1.58. The quantitative estimate of drug-likeness (QED) is 0.366. The molecule has 0 radical (unpaired) electrons. The second-order valence-corrected chi connectivity index (χ2v) is 0.551. The molecule has 11 heavy (non-hydrogen) atoms. The van der Waals surface area contributed by atoms with Crippen LogP contribution in [0.1, 0.15) is 0 Å². The number of aliphatic hydroxyl groups is 1. The average Bonchev–Trinajstić information content (AvgIpc) is 1.36. The summed E-state index contributed by atoms with van der Waals surface area (Å²) >= 11 is 0. The van der Waals surface area contributed by atoms with Crippen molar-refractivity contribution in [1.82, 2.24) is 0 Å². The minimum absolute atomic E-state index is 0. The fraction of sp³-hybridized carbons (Fsp3) is 0. The van der Waals surface area contributed by atoms with Gasteiger partial charge in [0.05, 0.1) is 0 Å². The summed E-state index contributed by atoms with van der Waals surface area (Å²) in [6.07, 6.45) is -2.69. The zero-order valence-electron chi connectivity index (χ0n) is 6.12. The van der Waals surface area contributed by atoms with Gasteiger partial charge in [-0.2, -0.15) is 13.2 Å². The van der Waals surface area contributed by atoms with E-state index in [1.807, 2.05) is 0 Å². The number of aliphatic hydroxyl groups excluding tert-OH is 1. The molecule has 0 rings (SSSR count). The Morgan fingerprint density at radius 1 is 0.727 bits per heavy atom. The number of halogens is 3. The summed E-state index contributed by atoms with van der Waals surface area (Å²) in [5.41, 5.74) is 0. The third-order valence-corrected chi connectivity index (χ3v) is 0.156. The number of hydrogen-bond acceptors (Lipinski definition) is 1. The van der Waals surface area contributed by atoms with Crippen LogP contribution in [-0.2, 0) is 0 Å². The Balaban J connectivity index is -0.0000000125. The fourth-order valence-corrected chi connectivity index (χ4v) is 0. The van der Waals surface area contributed by atoms with E-state index in [-0.39, 0.29) is 0 Å². The maximum Gasteiger partial charge on any atom is 0.341 e. The van der Waals surface area contributed by atoms with E-state index in [1.165, 1.54) is 0 Å². The van der Waals surface area contributed by atoms with Crippen LogP contribution in [0.25, 0.3) is 0 Å². The molecule has 0 aromatic carbocycles. The van der Waals surface area contributed by atoms with Crippen LogP contribution in [0, 0.1) is 0 Å². The van der Waals surface area contributed by atoms with E-state index in [9.17, 15) is 13.2 Å². The van der Waals surface area contributed by atoms with Crippen molar-refractivity contribution in [1.29, 1.82) is 0 Å². The third-order valence-electron chi connectivity index (χ3n) is 0.156. The zero-order valence-corrected chi connectivity index (χ0v) is 38.1. The van der Waals surface area contributed by atoms with Crippen LogP contribution in [0.15, 0.2) is 12.1 Å². The van der Waals surface area contributed by atoms with Gasteiger partial charge in [0.1, 0.15) is 0 Å². The molecule has 0 unspecified atom stereocenters. The van der Waals surface area contributed by atoms with Gasteiger partial charge in [0.15, 0.2) is 0 Å². The zero-order chi connectivity index (χ0) is 5.15. The number of hydrogen-bond donors (Lipinski definition) is 1. The van der Waals surface area contributed by atoms with Crippen LogP contribution >= 0.6 is 0 Å². The molecule has 0 spiro atoms. The van der Waals surface area contributed by atoms with Gasteiger partial charge < -0.3 is 5.11 Å². The van der Waals surface area contributed by atoms with Crippen molar-refractivity contribution in [2.24, 2.45) is 0 Å². The minimum atomic E-state index is -2.69. The Bertz CT molecular complexity index is 69.8. The van der Waals surface area contributed by atoms with Crippen molar-refractivity contribution in [3.8, 4) is 0 Å². The Kier molecular flexibility index (Phi) is 8920. The molecular formula is C2HF3ORf5. The van der Waals surface area contributed by atoms with Crippen LogP contribution in [0.3, 0.4) is 0 Å². The first-order chi connectivity index (χ1) is 2.64. The third kappa shape index (κ3) is 8.43. The summed E-state index contributed by atoms with van der Waals surface area (Å²) in [5, 5.41) is 7.09. The molecule has 0 atom stereocenters. The van der Waals surface area contributed by atoms with Crippen LogP contribution in [0.4, 0.5) is 13.2 Å². The molecule has 0 aromatic heterocycles. The van der Waals surface area contributed by atoms with Gasteiger partial charge in [-0.1, -0.05) is 0 Å². The standard InChI is InChI=1S/C2HF3O.5Rf/c3-1(4)2(5)6;;;;;/h6H;;;;;. The van der Waals surface area contributed by atoms with Crippen LogP contribution in [0.2, 0.25) is 0 Å². The summed E-state index contributed by atoms with van der Waals surface area (Å²) in [6.45, 7) is 0. The van der Waals surface area contributed by atoms with Crippen molar-refractivity contribution in [2.45, 2.75) is 0 Å². The normalized spacial score (nSPS) is 4.27. The van der Waals surface area contributed by atoms with E-state index >= 15 is 0 Å². The molecule has 0 aliphatic rings. The van der Waals surface area contributed by atoms with Crippen LogP contribution < -0.4 is 0 Å². The first-order valence-corrected chi connectivity index (χ1v) is 1.04. The molecule has 0 saturated carbocycles. The van der Waals surface area contributed by atoms with E-state index in [0.717, 1.165) is 0 Å². The molecule has 0 aliphatic carbocycles. The van der Waals surface area contributed by atoms with Gasteiger partial charge in [0.2, 0.25) is 0 Å². The second-order valence-electron chi connectivity index (χ2n) is 0.551. The van der Waals surface area contributed by atoms with Gasteiger partial charge in [-0.05, 0) is 0 Å². The molecule has 0 fully saturated rings. The first kappa shape index (κ1) is 223.